The van der Waals surface area contributed by atoms with Crippen LogP contribution in [-0.2, 0) is 0 Å². The number of hydrogen-bond acceptors (Lipinski definition) is 0. The highest BCUT2D eigenvalue weighted by molar-refractivity contribution is 9.13. The molecule has 0 N–H and O–H groups in total. The molecule has 0 fully saturated rings. The number of fused-ring (bicyclic) bond motifs is 3. The summed E-state index contributed by atoms with van der Waals surface area (Å²) in [4.78, 5) is 0. The largest absolute Gasteiger partial charge is 0.0616 e. The van der Waals surface area contributed by atoms with Gasteiger partial charge in [0.25, 0.3) is 0 Å². The van der Waals surface area contributed by atoms with Gasteiger partial charge in [0.2, 0.25) is 0 Å². The van der Waals surface area contributed by atoms with Crippen LogP contribution in [0.15, 0.2) is 66.4 Å². The smallest absolute Gasteiger partial charge is 0.0333 e. The summed E-state index contributed by atoms with van der Waals surface area (Å²) in [7, 11) is 0. The molecule has 4 heteroatoms. The third-order valence-electron chi connectivity index (χ3n) is 3.89. The van der Waals surface area contributed by atoms with Crippen molar-refractivity contribution in [2.45, 2.75) is 0 Å². The standard InChI is InChI=1S/C18H8Br4/c19-15-7-13-14(8-16(15)20)18(22)12-6-10-4-2-1-3-9(10)5-11(12)17(13)21/h1-8H. The molecule has 0 atom stereocenters. The van der Waals surface area contributed by atoms with Gasteiger partial charge in [0, 0.05) is 17.9 Å². The molecule has 4 aromatic carbocycles. The second kappa shape index (κ2) is 5.59. The van der Waals surface area contributed by atoms with E-state index in [-0.39, 0.29) is 0 Å². The lowest BCUT2D eigenvalue weighted by atomic mass is 10.00. The van der Waals surface area contributed by atoms with E-state index in [1.165, 1.54) is 32.3 Å². The van der Waals surface area contributed by atoms with E-state index in [4.69, 9.17) is 0 Å². The maximum absolute atomic E-state index is 3.80. The minimum Gasteiger partial charge on any atom is -0.0616 e. The monoisotopic (exact) mass is 540 g/mol. The number of halogens is 4. The fourth-order valence-electron chi connectivity index (χ4n) is 2.80. The topological polar surface area (TPSA) is 0 Å². The summed E-state index contributed by atoms with van der Waals surface area (Å²) in [6.45, 7) is 0. The molecule has 0 radical (unpaired) electrons. The first-order valence-corrected chi connectivity index (χ1v) is 9.81. The van der Waals surface area contributed by atoms with Gasteiger partial charge in [0.15, 0.2) is 0 Å². The highest BCUT2D eigenvalue weighted by Crippen LogP contribution is 2.43. The molecule has 0 spiro atoms. The quantitative estimate of drug-likeness (QED) is 0.196. The van der Waals surface area contributed by atoms with Crippen LogP contribution in [-0.4, -0.2) is 0 Å². The lowest BCUT2D eigenvalue weighted by molar-refractivity contribution is 1.64. The van der Waals surface area contributed by atoms with Crippen LogP contribution in [0.4, 0.5) is 0 Å². The van der Waals surface area contributed by atoms with E-state index >= 15 is 0 Å². The number of benzene rings is 4. The molecule has 0 aliphatic carbocycles. The Bertz CT molecular complexity index is 982. The lowest BCUT2D eigenvalue weighted by Crippen LogP contribution is -1.85. The Morgan fingerprint density at radius 3 is 1.27 bits per heavy atom. The Morgan fingerprint density at radius 1 is 0.500 bits per heavy atom. The Balaban J connectivity index is 2.28. The number of rotatable bonds is 0. The van der Waals surface area contributed by atoms with Crippen LogP contribution >= 0.6 is 63.7 Å². The van der Waals surface area contributed by atoms with Gasteiger partial charge in [0.05, 0.1) is 0 Å². The number of hydrogen-bond donors (Lipinski definition) is 0. The highest BCUT2D eigenvalue weighted by atomic mass is 79.9. The molecule has 0 saturated carbocycles. The van der Waals surface area contributed by atoms with Crippen molar-refractivity contribution in [2.24, 2.45) is 0 Å². The van der Waals surface area contributed by atoms with Crippen LogP contribution < -0.4 is 0 Å². The van der Waals surface area contributed by atoms with Crippen molar-refractivity contribution in [2.75, 3.05) is 0 Å². The van der Waals surface area contributed by atoms with E-state index < -0.39 is 0 Å². The van der Waals surface area contributed by atoms with E-state index in [9.17, 15) is 0 Å². The van der Waals surface area contributed by atoms with Crippen molar-refractivity contribution in [1.82, 2.24) is 0 Å². The maximum atomic E-state index is 3.80. The summed E-state index contributed by atoms with van der Waals surface area (Å²) in [6.07, 6.45) is 0. The van der Waals surface area contributed by atoms with Gasteiger partial charge in [-0.25, -0.2) is 0 Å². The molecule has 0 amide bonds. The van der Waals surface area contributed by atoms with Gasteiger partial charge in [-0.3, -0.25) is 0 Å². The fraction of sp³-hybridized carbons (Fsp3) is 0. The van der Waals surface area contributed by atoms with Crippen molar-refractivity contribution in [3.8, 4) is 0 Å². The van der Waals surface area contributed by atoms with Gasteiger partial charge < -0.3 is 0 Å². The summed E-state index contributed by atoms with van der Waals surface area (Å²) in [5.74, 6) is 0. The second-order valence-corrected chi connectivity index (χ2v) is 8.48. The average Bonchev–Trinajstić information content (AvgIpc) is 2.53. The molecule has 0 heterocycles. The molecule has 4 aromatic rings. The molecule has 4 rings (SSSR count). The highest BCUT2D eigenvalue weighted by Gasteiger charge is 2.13. The summed E-state index contributed by atoms with van der Waals surface area (Å²) < 4.78 is 4.35. The van der Waals surface area contributed by atoms with Crippen LogP contribution in [0, 0.1) is 0 Å². The van der Waals surface area contributed by atoms with E-state index in [1.54, 1.807) is 0 Å². The van der Waals surface area contributed by atoms with Crippen molar-refractivity contribution >= 4 is 96.0 Å². The predicted octanol–water partition coefficient (Wildman–Crippen LogP) is 8.20. The minimum absolute atomic E-state index is 1.05. The normalized spacial score (nSPS) is 11.6. The summed E-state index contributed by atoms with van der Waals surface area (Å²) in [5, 5.41) is 7.30. The van der Waals surface area contributed by atoms with Crippen LogP contribution in [0.3, 0.4) is 0 Å². The third-order valence-corrected chi connectivity index (χ3v) is 7.45. The van der Waals surface area contributed by atoms with Gasteiger partial charge in [0.1, 0.15) is 0 Å². The summed E-state index contributed by atoms with van der Waals surface area (Å²) >= 11 is 14.8. The van der Waals surface area contributed by atoms with E-state index in [0.717, 1.165) is 17.9 Å². The van der Waals surface area contributed by atoms with Crippen molar-refractivity contribution in [1.29, 1.82) is 0 Å². The van der Waals surface area contributed by atoms with E-state index in [0.29, 0.717) is 0 Å². The van der Waals surface area contributed by atoms with Crippen LogP contribution in [0.1, 0.15) is 0 Å². The minimum atomic E-state index is 1.05. The first-order valence-electron chi connectivity index (χ1n) is 6.64. The van der Waals surface area contributed by atoms with Crippen LogP contribution in [0.2, 0.25) is 0 Å². The van der Waals surface area contributed by atoms with Gasteiger partial charge >= 0.3 is 0 Å². The average molecular weight is 544 g/mol. The molecule has 108 valence electrons. The Labute approximate surface area is 161 Å². The first-order chi connectivity index (χ1) is 10.6. The molecule has 0 unspecified atom stereocenters. The molecule has 22 heavy (non-hydrogen) atoms. The summed E-state index contributed by atoms with van der Waals surface area (Å²) in [6, 6.07) is 17.2. The Kier molecular flexibility index (Phi) is 3.84. The molecule has 0 aliphatic rings. The van der Waals surface area contributed by atoms with E-state index in [2.05, 4.69) is 112 Å². The Hall–Kier alpha value is -0.420. The first kappa shape index (κ1) is 15.1. The van der Waals surface area contributed by atoms with Gasteiger partial charge in [-0.1, -0.05) is 24.3 Å². The molecular weight excluding hydrogens is 536 g/mol. The zero-order valence-corrected chi connectivity index (χ0v) is 17.5. The molecule has 0 aromatic heterocycles. The van der Waals surface area contributed by atoms with Crippen LogP contribution in [0.25, 0.3) is 32.3 Å². The predicted molar refractivity (Wildman–Crippen MR) is 110 cm³/mol. The zero-order valence-electron chi connectivity index (χ0n) is 11.1. The SMILES string of the molecule is Brc1cc2c(Br)c3cc4ccccc4cc3c(Br)c2cc1Br. The zero-order chi connectivity index (χ0) is 15.4. The lowest BCUT2D eigenvalue weighted by Gasteiger charge is -2.12. The molecule has 0 aliphatic heterocycles. The van der Waals surface area contributed by atoms with Gasteiger partial charge in [-0.15, -0.1) is 0 Å². The van der Waals surface area contributed by atoms with E-state index in [1.807, 2.05) is 0 Å². The van der Waals surface area contributed by atoms with Crippen molar-refractivity contribution in [3.63, 3.8) is 0 Å². The second-order valence-electron chi connectivity index (χ2n) is 5.18. The molecular formula is C18H8Br4. The molecule has 0 nitrogen and oxygen atoms in total. The molecule has 0 saturated heterocycles. The Morgan fingerprint density at radius 2 is 0.864 bits per heavy atom. The van der Waals surface area contributed by atoms with Gasteiger partial charge in [-0.2, -0.15) is 0 Å². The van der Waals surface area contributed by atoms with Crippen molar-refractivity contribution in [3.05, 3.63) is 66.4 Å². The van der Waals surface area contributed by atoms with Crippen molar-refractivity contribution < 1.29 is 0 Å². The van der Waals surface area contributed by atoms with Crippen LogP contribution in [0.5, 0.6) is 0 Å². The third kappa shape index (κ3) is 2.27. The summed E-state index contributed by atoms with van der Waals surface area (Å²) in [5.41, 5.74) is 0. The molecule has 0 bridgehead atoms. The maximum Gasteiger partial charge on any atom is 0.0333 e. The fourth-order valence-corrected chi connectivity index (χ4v) is 4.80. The van der Waals surface area contributed by atoms with Gasteiger partial charge in [-0.05, 0) is 120 Å².